The van der Waals surface area contributed by atoms with Gasteiger partial charge in [0.05, 0.1) is 138 Å². The molecule has 0 saturated carbocycles. The average Bonchev–Trinajstić information content (AvgIpc) is 2.83. The maximum Gasteiger partial charge on any atom is 0.104 e. The van der Waals surface area contributed by atoms with Crippen LogP contribution in [0.25, 0.3) is 111 Å². The Labute approximate surface area is 468 Å². The number of nitriles is 10. The van der Waals surface area contributed by atoms with Gasteiger partial charge in [-0.2, -0.15) is 52.6 Å². The summed E-state index contributed by atoms with van der Waals surface area (Å²) >= 11 is 0. The van der Waals surface area contributed by atoms with Crippen LogP contribution in [0.4, 0.5) is 0 Å². The number of benzene rings is 10. The van der Waals surface area contributed by atoms with E-state index in [4.69, 9.17) is 0 Å². The first-order valence-corrected chi connectivity index (χ1v) is 25.2. The van der Waals surface area contributed by atoms with Gasteiger partial charge in [0.1, 0.15) is 11.6 Å². The Morgan fingerprint density at radius 1 is 0.232 bits per heavy atom. The summed E-state index contributed by atoms with van der Waals surface area (Å²) in [6.45, 7) is 0. The van der Waals surface area contributed by atoms with Gasteiger partial charge in [-0.15, -0.1) is 0 Å². The molecule has 0 radical (unpaired) electrons. The normalized spacial score (nSPS) is 10.6. The lowest BCUT2D eigenvalue weighted by Crippen LogP contribution is -2.05. The van der Waals surface area contributed by atoms with E-state index >= 15 is 0 Å². The van der Waals surface area contributed by atoms with Crippen molar-refractivity contribution >= 4 is 43.6 Å². The minimum atomic E-state index is 0.249. The van der Waals surface area contributed by atoms with Crippen molar-refractivity contribution < 1.29 is 0 Å². The molecule has 370 valence electrons. The van der Waals surface area contributed by atoms with E-state index in [-0.39, 0.29) is 5.56 Å². The SMILES string of the molecule is N#Cc1cc(C#N)cc(-c2ccc3c(c2)c2cc(-c4cc(C#N)cc(C#N)c4)ccc2n3-c2cc(-c3ccccc3C#N)cc(-n3c4ccc(-c5cc(C#N)cc(C#N)c5)cc4c4cc(-c5cc(C#N)cc(C#N)c5)ccc43)c2C#N)c1. The Bertz CT molecular complexity index is 4620. The molecule has 0 aliphatic carbocycles. The van der Waals surface area contributed by atoms with E-state index < -0.39 is 0 Å². The zero-order chi connectivity index (χ0) is 56.8. The molecule has 10 aromatic carbocycles. The monoisotopic (exact) mass is 1040 g/mol. The third-order valence-electron chi connectivity index (χ3n) is 14.7. The van der Waals surface area contributed by atoms with E-state index in [9.17, 15) is 52.6 Å². The van der Waals surface area contributed by atoms with Crippen LogP contribution in [0.1, 0.15) is 55.6 Å². The van der Waals surface area contributed by atoms with Crippen LogP contribution >= 0.6 is 0 Å². The molecule has 2 heterocycles. The van der Waals surface area contributed by atoms with Crippen molar-refractivity contribution in [2.75, 3.05) is 0 Å². The van der Waals surface area contributed by atoms with Crippen molar-refractivity contribution in [1.29, 1.82) is 52.6 Å². The summed E-state index contributed by atoms with van der Waals surface area (Å²) < 4.78 is 4.01. The fourth-order valence-corrected chi connectivity index (χ4v) is 11.0. The maximum atomic E-state index is 11.9. The van der Waals surface area contributed by atoms with Gasteiger partial charge >= 0.3 is 0 Å². The van der Waals surface area contributed by atoms with E-state index in [1.165, 1.54) is 24.3 Å². The van der Waals surface area contributed by atoms with Gasteiger partial charge in [0.25, 0.3) is 0 Å². The highest BCUT2D eigenvalue weighted by molar-refractivity contribution is 6.14. The predicted octanol–water partition coefficient (Wildman–Crippen LogP) is 14.9. The van der Waals surface area contributed by atoms with E-state index in [1.807, 2.05) is 106 Å². The summed E-state index contributed by atoms with van der Waals surface area (Å²) in [4.78, 5) is 0. The molecule has 0 unspecified atom stereocenters. The maximum absolute atomic E-state index is 11.9. The van der Waals surface area contributed by atoms with Gasteiger partial charge in [-0.1, -0.05) is 42.5 Å². The Hall–Kier alpha value is -13.3. The van der Waals surface area contributed by atoms with Gasteiger partial charge in [0, 0.05) is 21.5 Å². The number of aromatic nitrogens is 2. The van der Waals surface area contributed by atoms with Crippen LogP contribution in [-0.4, -0.2) is 9.13 Å². The Morgan fingerprint density at radius 3 is 0.768 bits per heavy atom. The quantitative estimate of drug-likeness (QED) is 0.146. The largest absolute Gasteiger partial charge is 0.308 e. The summed E-state index contributed by atoms with van der Waals surface area (Å²) in [5.41, 5.74) is 13.3. The summed E-state index contributed by atoms with van der Waals surface area (Å²) in [5, 5.41) is 105. The minimum Gasteiger partial charge on any atom is -0.308 e. The number of rotatable bonds is 7. The molecule has 2 aromatic heterocycles. The Balaban J connectivity index is 1.20. The summed E-state index contributed by atoms with van der Waals surface area (Å²) in [6, 6.07) is 76.4. The lowest BCUT2D eigenvalue weighted by molar-refractivity contribution is 1.12. The summed E-state index contributed by atoms with van der Waals surface area (Å²) in [7, 11) is 0. The van der Waals surface area contributed by atoms with Crippen molar-refractivity contribution in [1.82, 2.24) is 9.13 Å². The lowest BCUT2D eigenvalue weighted by Gasteiger charge is -2.19. The zero-order valence-corrected chi connectivity index (χ0v) is 42.7. The third kappa shape index (κ3) is 8.35. The van der Waals surface area contributed by atoms with Gasteiger partial charge in [-0.3, -0.25) is 0 Å². The molecule has 0 spiro atoms. The van der Waals surface area contributed by atoms with Crippen LogP contribution < -0.4 is 0 Å². The summed E-state index contributed by atoms with van der Waals surface area (Å²) in [6.07, 6.45) is 0. The topological polar surface area (TPSA) is 248 Å². The molecule has 0 amide bonds. The van der Waals surface area contributed by atoms with E-state index in [2.05, 4.69) is 60.7 Å². The first-order chi connectivity index (χ1) is 40.1. The molecule has 82 heavy (non-hydrogen) atoms. The van der Waals surface area contributed by atoms with Crippen LogP contribution in [-0.2, 0) is 0 Å². The molecule has 0 fully saturated rings. The van der Waals surface area contributed by atoms with Gasteiger partial charge in [0.2, 0.25) is 0 Å². The second-order valence-electron chi connectivity index (χ2n) is 19.3. The van der Waals surface area contributed by atoms with Crippen LogP contribution in [0.3, 0.4) is 0 Å². The fourth-order valence-electron chi connectivity index (χ4n) is 11.0. The van der Waals surface area contributed by atoms with Gasteiger partial charge < -0.3 is 9.13 Å². The number of hydrogen-bond donors (Lipinski definition) is 0. The second-order valence-corrected chi connectivity index (χ2v) is 19.3. The Kier molecular flexibility index (Phi) is 12.1. The lowest BCUT2D eigenvalue weighted by atomic mass is 9.96. The highest BCUT2D eigenvalue weighted by atomic mass is 15.0. The number of hydrogen-bond acceptors (Lipinski definition) is 10. The molecule has 0 aliphatic heterocycles. The van der Waals surface area contributed by atoms with Gasteiger partial charge in [-0.25, -0.2) is 0 Å². The molecule has 12 aromatic rings. The zero-order valence-electron chi connectivity index (χ0n) is 42.7. The molecule has 0 N–H and O–H groups in total. The smallest absolute Gasteiger partial charge is 0.104 e. The van der Waals surface area contributed by atoms with Crippen LogP contribution in [0.5, 0.6) is 0 Å². The van der Waals surface area contributed by atoms with E-state index in [0.29, 0.717) is 139 Å². The first-order valence-electron chi connectivity index (χ1n) is 25.2. The van der Waals surface area contributed by atoms with Gasteiger partial charge in [-0.05, 0) is 195 Å². The summed E-state index contributed by atoms with van der Waals surface area (Å²) in [5.74, 6) is 0. The van der Waals surface area contributed by atoms with Crippen molar-refractivity contribution in [2.24, 2.45) is 0 Å². The molecule has 0 bridgehead atoms. The highest BCUT2D eigenvalue weighted by Crippen LogP contribution is 2.44. The molecule has 12 heteroatoms. The molecule has 0 atom stereocenters. The molecule has 12 rings (SSSR count). The predicted molar refractivity (Wildman–Crippen MR) is 309 cm³/mol. The first kappa shape index (κ1) is 49.6. The van der Waals surface area contributed by atoms with Crippen molar-refractivity contribution in [2.45, 2.75) is 0 Å². The Morgan fingerprint density at radius 2 is 0.512 bits per heavy atom. The average molecular weight is 1040 g/mol. The standard InChI is InChI=1S/C70H30N12/c71-31-41-13-42(32-72)18-54(17-41)49-5-9-65-60(25-49)61-26-50(55-19-43(33-73)14-44(20-55)34-74)6-10-66(61)81(65)69-29-58(59-4-2-1-3-53(59)39-79)30-70(64(69)40-80)82-67-11-7-51(56-21-45(35-75)15-46(22-56)36-76)27-62(67)63-28-52(8-12-68(63)82)57-23-47(37-77)16-48(24-57)38-78/h1-30H. The minimum absolute atomic E-state index is 0.249. The molecule has 12 nitrogen and oxygen atoms in total. The number of nitrogens with zero attached hydrogens (tertiary/aromatic N) is 12. The van der Waals surface area contributed by atoms with Crippen molar-refractivity contribution in [3.63, 3.8) is 0 Å². The van der Waals surface area contributed by atoms with E-state index in [1.54, 1.807) is 60.7 Å². The third-order valence-corrected chi connectivity index (χ3v) is 14.7. The second kappa shape index (κ2) is 20.0. The highest BCUT2D eigenvalue weighted by Gasteiger charge is 2.25. The van der Waals surface area contributed by atoms with Crippen LogP contribution in [0.15, 0.2) is 182 Å². The number of fused-ring (bicyclic) bond motifs is 6. The van der Waals surface area contributed by atoms with Crippen molar-refractivity contribution in [3.05, 3.63) is 238 Å². The molecular formula is C70H30N12. The molecular weight excluding hydrogens is 1010 g/mol. The molecule has 0 aliphatic rings. The van der Waals surface area contributed by atoms with Crippen molar-refractivity contribution in [3.8, 4) is 128 Å². The van der Waals surface area contributed by atoms with Crippen LogP contribution in [0, 0.1) is 113 Å². The van der Waals surface area contributed by atoms with E-state index in [0.717, 1.165) is 21.5 Å². The fraction of sp³-hybridized carbons (Fsp3) is 0. The van der Waals surface area contributed by atoms with Gasteiger partial charge in [0.15, 0.2) is 0 Å². The van der Waals surface area contributed by atoms with Crippen LogP contribution in [0.2, 0.25) is 0 Å². The molecule has 0 saturated heterocycles.